The molecule has 0 saturated heterocycles. The van der Waals surface area contributed by atoms with Gasteiger partial charge in [0, 0.05) is 25.8 Å². The number of methoxy groups -OCH3 is 1. The van der Waals surface area contributed by atoms with Gasteiger partial charge in [0.25, 0.3) is 5.56 Å². The van der Waals surface area contributed by atoms with Crippen LogP contribution in [0.3, 0.4) is 0 Å². The van der Waals surface area contributed by atoms with Gasteiger partial charge in [-0.3, -0.25) is 9.48 Å². The van der Waals surface area contributed by atoms with E-state index in [1.54, 1.807) is 23.4 Å². The van der Waals surface area contributed by atoms with Gasteiger partial charge in [-0.05, 0) is 49.9 Å². The quantitative estimate of drug-likeness (QED) is 0.863. The number of fused-ring (bicyclic) bond motifs is 1. The Morgan fingerprint density at radius 2 is 1.96 bits per heavy atom. The Hall–Kier alpha value is -2.45. The van der Waals surface area contributed by atoms with Gasteiger partial charge in [0.15, 0.2) is 0 Å². The Balaban J connectivity index is 2.08. The molecule has 24 heavy (non-hydrogen) atoms. The lowest BCUT2D eigenvalue weighted by atomic mass is 10.0. The standard InChI is InChI=1S/C19H22N2O3/c1-4-5-14-6-7-16(13(2)12-14)17-18(22)20-10-8-15(24-3)9-11-21(20)19(17)23/h6-7,12,15,22H,8-11H2,1-3H3. The summed E-state index contributed by atoms with van der Waals surface area (Å²) in [5.74, 6) is 5.91. The summed E-state index contributed by atoms with van der Waals surface area (Å²) in [5.41, 5.74) is 2.82. The van der Waals surface area contributed by atoms with Crippen LogP contribution in [0.25, 0.3) is 11.1 Å². The van der Waals surface area contributed by atoms with E-state index in [2.05, 4.69) is 11.8 Å². The zero-order valence-corrected chi connectivity index (χ0v) is 14.3. The van der Waals surface area contributed by atoms with Gasteiger partial charge in [0.2, 0.25) is 5.88 Å². The molecule has 2 heterocycles. The number of rotatable bonds is 2. The van der Waals surface area contributed by atoms with E-state index in [1.807, 2.05) is 25.1 Å². The summed E-state index contributed by atoms with van der Waals surface area (Å²) in [4.78, 5) is 12.9. The van der Waals surface area contributed by atoms with E-state index in [-0.39, 0.29) is 17.5 Å². The van der Waals surface area contributed by atoms with Crippen LogP contribution in [-0.4, -0.2) is 27.7 Å². The van der Waals surface area contributed by atoms with Crippen molar-refractivity contribution in [2.75, 3.05) is 7.11 Å². The van der Waals surface area contributed by atoms with Crippen LogP contribution in [0.1, 0.15) is 30.9 Å². The van der Waals surface area contributed by atoms with Gasteiger partial charge in [-0.2, -0.15) is 0 Å². The second-order valence-corrected chi connectivity index (χ2v) is 6.09. The number of hydrogen-bond donors (Lipinski definition) is 1. The lowest BCUT2D eigenvalue weighted by Gasteiger charge is -2.10. The lowest BCUT2D eigenvalue weighted by molar-refractivity contribution is 0.0873. The van der Waals surface area contributed by atoms with Crippen molar-refractivity contribution in [3.63, 3.8) is 0 Å². The molecule has 0 fully saturated rings. The Morgan fingerprint density at radius 3 is 2.58 bits per heavy atom. The minimum Gasteiger partial charge on any atom is -0.493 e. The van der Waals surface area contributed by atoms with Crippen LogP contribution < -0.4 is 5.56 Å². The third-order valence-electron chi connectivity index (χ3n) is 4.63. The first-order valence-electron chi connectivity index (χ1n) is 8.16. The van der Waals surface area contributed by atoms with Gasteiger partial charge in [0.1, 0.15) is 5.56 Å². The Kier molecular flexibility index (Phi) is 4.50. The fraction of sp³-hybridized carbons (Fsp3) is 0.421. The van der Waals surface area contributed by atoms with Crippen molar-refractivity contribution in [3.8, 4) is 28.8 Å². The predicted octanol–water partition coefficient (Wildman–Crippen LogP) is 2.51. The van der Waals surface area contributed by atoms with Crippen LogP contribution in [0.15, 0.2) is 23.0 Å². The lowest BCUT2D eigenvalue weighted by Crippen LogP contribution is -2.22. The summed E-state index contributed by atoms with van der Waals surface area (Å²) in [7, 11) is 1.68. The number of aromatic nitrogens is 2. The molecule has 0 aliphatic carbocycles. The molecule has 2 aromatic rings. The largest absolute Gasteiger partial charge is 0.493 e. The smallest absolute Gasteiger partial charge is 0.278 e. The zero-order valence-electron chi connectivity index (χ0n) is 14.3. The van der Waals surface area contributed by atoms with E-state index in [4.69, 9.17) is 4.74 Å². The topological polar surface area (TPSA) is 56.4 Å². The van der Waals surface area contributed by atoms with Crippen molar-refractivity contribution in [1.29, 1.82) is 0 Å². The minimum absolute atomic E-state index is 0.0363. The molecule has 0 radical (unpaired) electrons. The molecule has 1 aliphatic rings. The van der Waals surface area contributed by atoms with Crippen molar-refractivity contribution < 1.29 is 9.84 Å². The zero-order chi connectivity index (χ0) is 17.3. The summed E-state index contributed by atoms with van der Waals surface area (Å²) >= 11 is 0. The molecule has 3 rings (SSSR count). The third-order valence-corrected chi connectivity index (χ3v) is 4.63. The van der Waals surface area contributed by atoms with E-state index in [9.17, 15) is 9.90 Å². The van der Waals surface area contributed by atoms with E-state index in [0.29, 0.717) is 18.7 Å². The molecule has 0 amide bonds. The SMILES string of the molecule is CC#Cc1ccc(-c2c(O)n3n(c2=O)CCC(OC)CC3)c(C)c1. The maximum Gasteiger partial charge on any atom is 0.278 e. The van der Waals surface area contributed by atoms with Gasteiger partial charge in [-0.25, -0.2) is 4.68 Å². The van der Waals surface area contributed by atoms with E-state index >= 15 is 0 Å². The third kappa shape index (κ3) is 2.74. The highest BCUT2D eigenvalue weighted by molar-refractivity contribution is 5.72. The number of hydrogen-bond acceptors (Lipinski definition) is 3. The van der Waals surface area contributed by atoms with Crippen LogP contribution in [0.4, 0.5) is 0 Å². The van der Waals surface area contributed by atoms with Gasteiger partial charge in [-0.15, -0.1) is 5.92 Å². The van der Waals surface area contributed by atoms with Crippen LogP contribution in [0, 0.1) is 18.8 Å². The monoisotopic (exact) mass is 326 g/mol. The van der Waals surface area contributed by atoms with E-state index in [0.717, 1.165) is 29.5 Å². The Labute approximate surface area is 141 Å². The van der Waals surface area contributed by atoms with Gasteiger partial charge in [0.05, 0.1) is 6.10 Å². The van der Waals surface area contributed by atoms with Crippen LogP contribution in [0.2, 0.25) is 0 Å². The van der Waals surface area contributed by atoms with Gasteiger partial charge < -0.3 is 9.84 Å². The molecule has 1 unspecified atom stereocenters. The van der Waals surface area contributed by atoms with Gasteiger partial charge >= 0.3 is 0 Å². The molecular weight excluding hydrogens is 304 g/mol. The first-order chi connectivity index (χ1) is 11.6. The predicted molar refractivity (Wildman–Crippen MR) is 93.1 cm³/mol. The van der Waals surface area contributed by atoms with Gasteiger partial charge in [-0.1, -0.05) is 12.0 Å². The van der Waals surface area contributed by atoms with Crippen LogP contribution in [-0.2, 0) is 17.8 Å². The molecule has 5 nitrogen and oxygen atoms in total. The number of aromatic hydroxyl groups is 1. The fourth-order valence-electron chi connectivity index (χ4n) is 3.34. The molecule has 1 aliphatic heterocycles. The maximum absolute atomic E-state index is 12.9. The summed E-state index contributed by atoms with van der Waals surface area (Å²) < 4.78 is 8.70. The molecule has 1 N–H and O–H groups in total. The van der Waals surface area contributed by atoms with Crippen molar-refractivity contribution in [1.82, 2.24) is 9.36 Å². The highest BCUT2D eigenvalue weighted by Gasteiger charge is 2.25. The highest BCUT2D eigenvalue weighted by Crippen LogP contribution is 2.31. The molecule has 0 spiro atoms. The molecule has 1 aromatic carbocycles. The number of nitrogens with zero attached hydrogens (tertiary/aromatic N) is 2. The highest BCUT2D eigenvalue weighted by atomic mass is 16.5. The fourth-order valence-corrected chi connectivity index (χ4v) is 3.34. The second-order valence-electron chi connectivity index (χ2n) is 6.09. The number of ether oxygens (including phenoxy) is 1. The van der Waals surface area contributed by atoms with E-state index in [1.165, 1.54) is 0 Å². The molecule has 0 saturated carbocycles. The Bertz CT molecular complexity index is 880. The summed E-state index contributed by atoms with van der Waals surface area (Å²) in [6, 6.07) is 5.69. The normalized spacial score (nSPS) is 16.9. The first-order valence-corrected chi connectivity index (χ1v) is 8.16. The first kappa shape index (κ1) is 16.4. The van der Waals surface area contributed by atoms with Crippen LogP contribution in [0.5, 0.6) is 5.88 Å². The van der Waals surface area contributed by atoms with Crippen molar-refractivity contribution >= 4 is 0 Å². The van der Waals surface area contributed by atoms with Crippen molar-refractivity contribution in [2.24, 2.45) is 0 Å². The summed E-state index contributed by atoms with van der Waals surface area (Å²) in [6.07, 6.45) is 1.67. The minimum atomic E-state index is -0.151. The molecule has 126 valence electrons. The van der Waals surface area contributed by atoms with Crippen molar-refractivity contribution in [2.45, 2.75) is 45.9 Å². The summed E-state index contributed by atoms with van der Waals surface area (Å²) in [6.45, 7) is 4.84. The molecule has 0 bridgehead atoms. The second kappa shape index (κ2) is 6.58. The Morgan fingerprint density at radius 1 is 1.25 bits per heavy atom. The average molecular weight is 326 g/mol. The molecular formula is C19H22N2O3. The number of aryl methyl sites for hydroxylation is 1. The van der Waals surface area contributed by atoms with E-state index < -0.39 is 0 Å². The molecule has 1 aromatic heterocycles. The maximum atomic E-state index is 12.9. The number of benzene rings is 1. The van der Waals surface area contributed by atoms with Crippen molar-refractivity contribution in [3.05, 3.63) is 39.7 Å². The molecule has 1 atom stereocenters. The average Bonchev–Trinajstić information content (AvgIpc) is 2.72. The summed E-state index contributed by atoms with van der Waals surface area (Å²) in [5, 5.41) is 10.7. The molecule has 5 heteroatoms. The van der Waals surface area contributed by atoms with Crippen LogP contribution >= 0.6 is 0 Å².